The van der Waals surface area contributed by atoms with Gasteiger partial charge in [0.15, 0.2) is 11.5 Å². The van der Waals surface area contributed by atoms with E-state index in [9.17, 15) is 4.79 Å². The highest BCUT2D eigenvalue weighted by Crippen LogP contribution is 2.42. The Hall–Kier alpha value is -1.97. The third kappa shape index (κ3) is 3.13. The van der Waals surface area contributed by atoms with Crippen molar-refractivity contribution in [1.82, 2.24) is 0 Å². The Bertz CT molecular complexity index is 515. The van der Waals surface area contributed by atoms with Gasteiger partial charge >= 0.3 is 5.97 Å². The van der Waals surface area contributed by atoms with Crippen LogP contribution in [-0.4, -0.2) is 23.8 Å². The van der Waals surface area contributed by atoms with Crippen molar-refractivity contribution in [1.29, 1.82) is 0 Å². The molecule has 108 valence electrons. The van der Waals surface area contributed by atoms with Crippen LogP contribution in [0, 0.1) is 0 Å². The van der Waals surface area contributed by atoms with Crippen LogP contribution in [0.1, 0.15) is 38.2 Å². The third-order valence-corrected chi connectivity index (χ3v) is 3.61. The lowest BCUT2D eigenvalue weighted by atomic mass is 9.77. The summed E-state index contributed by atoms with van der Waals surface area (Å²) in [6.45, 7) is 1.95. The van der Waals surface area contributed by atoms with Gasteiger partial charge < -0.3 is 14.6 Å². The maximum Gasteiger partial charge on any atom is 0.307 e. The van der Waals surface area contributed by atoms with E-state index in [2.05, 4.69) is 0 Å². The number of carboxylic acid groups (broad SMARTS) is 1. The number of rotatable bonds is 6. The van der Waals surface area contributed by atoms with Gasteiger partial charge in [0, 0.05) is 0 Å². The summed E-state index contributed by atoms with van der Waals surface area (Å²) in [6.07, 6.45) is 6.52. The standard InChI is InChI=1S/C16H20O4/c1-3-5-12-6-7-13(14(10-12)19-2)20-16(8-4-9-16)11-15(17)18/h3,5-7,10H,4,8-9,11H2,1-2H3,(H,17,18)/b5-3+. The molecule has 2 rings (SSSR count). The molecule has 0 atom stereocenters. The molecule has 4 heteroatoms. The first-order valence-electron chi connectivity index (χ1n) is 6.80. The molecule has 1 aromatic rings. The van der Waals surface area contributed by atoms with Gasteiger partial charge in [0.05, 0.1) is 13.5 Å². The molecule has 1 fully saturated rings. The Kier molecular flexibility index (Phi) is 4.32. The van der Waals surface area contributed by atoms with Gasteiger partial charge in [-0.1, -0.05) is 18.2 Å². The Morgan fingerprint density at radius 1 is 1.40 bits per heavy atom. The zero-order chi connectivity index (χ0) is 14.6. The normalized spacial score (nSPS) is 16.7. The minimum atomic E-state index is -0.825. The Labute approximate surface area is 119 Å². The summed E-state index contributed by atoms with van der Waals surface area (Å²) in [4.78, 5) is 11.0. The first-order valence-corrected chi connectivity index (χ1v) is 6.80. The molecule has 20 heavy (non-hydrogen) atoms. The molecule has 1 aliphatic carbocycles. The topological polar surface area (TPSA) is 55.8 Å². The van der Waals surface area contributed by atoms with Crippen molar-refractivity contribution in [2.24, 2.45) is 0 Å². The van der Waals surface area contributed by atoms with E-state index in [1.54, 1.807) is 7.11 Å². The van der Waals surface area contributed by atoms with Gasteiger partial charge in [0.1, 0.15) is 5.60 Å². The van der Waals surface area contributed by atoms with Crippen molar-refractivity contribution < 1.29 is 19.4 Å². The number of methoxy groups -OCH3 is 1. The SMILES string of the molecule is C/C=C/c1ccc(OC2(CC(=O)O)CCC2)c(OC)c1. The van der Waals surface area contributed by atoms with Crippen molar-refractivity contribution in [3.63, 3.8) is 0 Å². The van der Waals surface area contributed by atoms with Gasteiger partial charge in [0.2, 0.25) is 0 Å². The summed E-state index contributed by atoms with van der Waals surface area (Å²) in [6, 6.07) is 5.67. The molecular formula is C16H20O4. The highest BCUT2D eigenvalue weighted by molar-refractivity contribution is 5.68. The van der Waals surface area contributed by atoms with Gasteiger partial charge in [-0.2, -0.15) is 0 Å². The summed E-state index contributed by atoms with van der Waals surface area (Å²) in [5, 5.41) is 9.01. The van der Waals surface area contributed by atoms with E-state index in [1.807, 2.05) is 37.3 Å². The molecule has 0 saturated heterocycles. The van der Waals surface area contributed by atoms with E-state index < -0.39 is 11.6 Å². The summed E-state index contributed by atoms with van der Waals surface area (Å²) in [7, 11) is 1.59. The molecule has 0 heterocycles. The zero-order valence-electron chi connectivity index (χ0n) is 11.9. The second kappa shape index (κ2) is 5.99. The summed E-state index contributed by atoms with van der Waals surface area (Å²) in [5.74, 6) is 0.424. The van der Waals surface area contributed by atoms with Crippen molar-refractivity contribution in [2.45, 2.75) is 38.2 Å². The van der Waals surface area contributed by atoms with E-state index in [-0.39, 0.29) is 6.42 Å². The number of ether oxygens (including phenoxy) is 2. The average molecular weight is 276 g/mol. The number of allylic oxidation sites excluding steroid dienone is 1. The van der Waals surface area contributed by atoms with E-state index >= 15 is 0 Å². The molecule has 0 unspecified atom stereocenters. The predicted octanol–water partition coefficient (Wildman–Crippen LogP) is 3.50. The van der Waals surface area contributed by atoms with Crippen LogP contribution in [0.3, 0.4) is 0 Å². The minimum absolute atomic E-state index is 0.0345. The van der Waals surface area contributed by atoms with E-state index in [4.69, 9.17) is 14.6 Å². The Morgan fingerprint density at radius 2 is 2.15 bits per heavy atom. The molecule has 0 bridgehead atoms. The van der Waals surface area contributed by atoms with Crippen LogP contribution >= 0.6 is 0 Å². The largest absolute Gasteiger partial charge is 0.493 e. The second-order valence-corrected chi connectivity index (χ2v) is 5.12. The Morgan fingerprint density at radius 3 is 2.65 bits per heavy atom. The molecule has 1 saturated carbocycles. The number of carboxylic acids is 1. The number of benzene rings is 1. The maximum atomic E-state index is 11.0. The van der Waals surface area contributed by atoms with Gasteiger partial charge in [-0.25, -0.2) is 0 Å². The van der Waals surface area contributed by atoms with Gasteiger partial charge in [-0.05, 0) is 43.9 Å². The van der Waals surface area contributed by atoms with Crippen LogP contribution in [0.5, 0.6) is 11.5 Å². The molecule has 0 aromatic heterocycles. The smallest absolute Gasteiger partial charge is 0.307 e. The highest BCUT2D eigenvalue weighted by atomic mass is 16.5. The molecule has 0 radical (unpaired) electrons. The van der Waals surface area contributed by atoms with E-state index in [0.29, 0.717) is 11.5 Å². The van der Waals surface area contributed by atoms with Gasteiger partial charge in [0.25, 0.3) is 0 Å². The first-order chi connectivity index (χ1) is 9.58. The predicted molar refractivity (Wildman–Crippen MR) is 77.2 cm³/mol. The van der Waals surface area contributed by atoms with Gasteiger partial charge in [-0.15, -0.1) is 0 Å². The van der Waals surface area contributed by atoms with Crippen LogP contribution in [0.15, 0.2) is 24.3 Å². The fraction of sp³-hybridized carbons (Fsp3) is 0.438. The van der Waals surface area contributed by atoms with Crippen molar-refractivity contribution in [3.05, 3.63) is 29.8 Å². The second-order valence-electron chi connectivity index (χ2n) is 5.12. The van der Waals surface area contributed by atoms with Crippen LogP contribution in [-0.2, 0) is 4.79 Å². The molecule has 0 spiro atoms. The lowest BCUT2D eigenvalue weighted by molar-refractivity contribution is -0.144. The van der Waals surface area contributed by atoms with Crippen LogP contribution in [0.2, 0.25) is 0 Å². The summed E-state index contributed by atoms with van der Waals surface area (Å²) in [5.41, 5.74) is 0.457. The first kappa shape index (κ1) is 14.4. The van der Waals surface area contributed by atoms with E-state index in [1.165, 1.54) is 0 Å². The molecule has 0 amide bonds. The summed E-state index contributed by atoms with van der Waals surface area (Å²) >= 11 is 0. The monoisotopic (exact) mass is 276 g/mol. The molecule has 1 N–H and O–H groups in total. The van der Waals surface area contributed by atoms with Crippen LogP contribution in [0.4, 0.5) is 0 Å². The quantitative estimate of drug-likeness (QED) is 0.864. The molecule has 1 aliphatic rings. The number of hydrogen-bond acceptors (Lipinski definition) is 3. The van der Waals surface area contributed by atoms with Crippen LogP contribution < -0.4 is 9.47 Å². The zero-order valence-corrected chi connectivity index (χ0v) is 11.9. The molecular weight excluding hydrogens is 256 g/mol. The number of hydrogen-bond donors (Lipinski definition) is 1. The highest BCUT2D eigenvalue weighted by Gasteiger charge is 2.42. The lowest BCUT2D eigenvalue weighted by Crippen LogP contribution is -2.45. The Balaban J connectivity index is 2.21. The van der Waals surface area contributed by atoms with Gasteiger partial charge in [-0.3, -0.25) is 4.79 Å². The fourth-order valence-corrected chi connectivity index (χ4v) is 2.46. The molecule has 4 nitrogen and oxygen atoms in total. The van der Waals surface area contributed by atoms with Crippen molar-refractivity contribution in [2.75, 3.05) is 7.11 Å². The molecule has 1 aromatic carbocycles. The van der Waals surface area contributed by atoms with E-state index in [0.717, 1.165) is 24.8 Å². The number of aliphatic carboxylic acids is 1. The maximum absolute atomic E-state index is 11.0. The van der Waals surface area contributed by atoms with Crippen molar-refractivity contribution >= 4 is 12.0 Å². The number of carbonyl (C=O) groups is 1. The average Bonchev–Trinajstić information content (AvgIpc) is 2.37. The molecule has 0 aliphatic heterocycles. The van der Waals surface area contributed by atoms with Crippen molar-refractivity contribution in [3.8, 4) is 11.5 Å². The van der Waals surface area contributed by atoms with Crippen LogP contribution in [0.25, 0.3) is 6.08 Å². The summed E-state index contributed by atoms with van der Waals surface area (Å²) < 4.78 is 11.3. The third-order valence-electron chi connectivity index (χ3n) is 3.61. The fourth-order valence-electron chi connectivity index (χ4n) is 2.46. The lowest BCUT2D eigenvalue weighted by Gasteiger charge is -2.41. The minimum Gasteiger partial charge on any atom is -0.493 e.